The van der Waals surface area contributed by atoms with Crippen LogP contribution in [0.25, 0.3) is 0 Å². The molecule has 6 nitrogen and oxygen atoms in total. The molecule has 112 valence electrons. The summed E-state index contributed by atoms with van der Waals surface area (Å²) in [7, 11) is 0. The van der Waals surface area contributed by atoms with E-state index in [1.54, 1.807) is 11.0 Å². The van der Waals surface area contributed by atoms with Crippen molar-refractivity contribution in [1.29, 1.82) is 0 Å². The Morgan fingerprint density at radius 2 is 2.33 bits per heavy atom. The number of benzene rings is 1. The van der Waals surface area contributed by atoms with E-state index in [-0.39, 0.29) is 12.1 Å². The maximum Gasteiger partial charge on any atom is 0.315 e. The number of nitrogens with one attached hydrogen (secondary N) is 2. The number of hydrogen-bond donors (Lipinski definition) is 2. The van der Waals surface area contributed by atoms with E-state index < -0.39 is 0 Å². The Labute approximate surface area is 128 Å². The summed E-state index contributed by atoms with van der Waals surface area (Å²) in [5, 5.41) is 10.3. The number of rotatable bonds is 6. The average Bonchev–Trinajstić information content (AvgIpc) is 2.97. The van der Waals surface area contributed by atoms with E-state index in [1.807, 2.05) is 31.2 Å². The second-order valence-electron chi connectivity index (χ2n) is 4.69. The van der Waals surface area contributed by atoms with Gasteiger partial charge in [0.2, 0.25) is 0 Å². The van der Waals surface area contributed by atoms with Crippen LogP contribution in [0.5, 0.6) is 0 Å². The van der Waals surface area contributed by atoms with Crippen LogP contribution in [-0.2, 0) is 6.54 Å². The summed E-state index contributed by atoms with van der Waals surface area (Å²) >= 11 is 5.94. The van der Waals surface area contributed by atoms with E-state index in [0.717, 1.165) is 18.5 Å². The monoisotopic (exact) mass is 307 g/mol. The fraction of sp³-hybridized carbons (Fsp3) is 0.357. The third kappa shape index (κ3) is 5.07. The zero-order valence-corrected chi connectivity index (χ0v) is 12.5. The van der Waals surface area contributed by atoms with Gasteiger partial charge in [0, 0.05) is 18.1 Å². The largest absolute Gasteiger partial charge is 0.338 e. The van der Waals surface area contributed by atoms with Crippen LogP contribution in [0.3, 0.4) is 0 Å². The quantitative estimate of drug-likeness (QED) is 0.805. The van der Waals surface area contributed by atoms with E-state index in [0.29, 0.717) is 11.6 Å². The second kappa shape index (κ2) is 7.64. The minimum Gasteiger partial charge on any atom is -0.338 e. The normalized spacial score (nSPS) is 11.9. The first-order valence-electron chi connectivity index (χ1n) is 6.77. The number of hydrogen-bond acceptors (Lipinski definition) is 3. The molecule has 0 bridgehead atoms. The molecule has 2 rings (SSSR count). The minimum absolute atomic E-state index is 0.0981. The molecular weight excluding hydrogens is 290 g/mol. The molecule has 1 heterocycles. The van der Waals surface area contributed by atoms with Crippen molar-refractivity contribution < 1.29 is 4.79 Å². The Balaban J connectivity index is 1.69. The van der Waals surface area contributed by atoms with Crippen LogP contribution in [0.2, 0.25) is 5.02 Å². The lowest BCUT2D eigenvalue weighted by molar-refractivity contribution is 0.237. The Morgan fingerprint density at radius 3 is 3.05 bits per heavy atom. The van der Waals surface area contributed by atoms with Gasteiger partial charge in [0.1, 0.15) is 12.7 Å². The van der Waals surface area contributed by atoms with E-state index in [4.69, 9.17) is 11.6 Å². The van der Waals surface area contributed by atoms with Crippen molar-refractivity contribution in [2.45, 2.75) is 25.9 Å². The van der Waals surface area contributed by atoms with Crippen LogP contribution in [0.1, 0.15) is 24.9 Å². The number of aromatic nitrogens is 3. The highest BCUT2D eigenvalue weighted by atomic mass is 35.5. The van der Waals surface area contributed by atoms with Crippen LogP contribution >= 0.6 is 11.6 Å². The molecule has 2 aromatic rings. The maximum absolute atomic E-state index is 11.8. The number of carbonyl (C=O) groups excluding carboxylic acids is 1. The third-order valence-electron chi connectivity index (χ3n) is 3.01. The van der Waals surface area contributed by atoms with Crippen LogP contribution < -0.4 is 10.6 Å². The summed E-state index contributed by atoms with van der Waals surface area (Å²) in [5.74, 6) is 0. The van der Waals surface area contributed by atoms with Crippen molar-refractivity contribution in [3.05, 3.63) is 47.5 Å². The van der Waals surface area contributed by atoms with Crippen molar-refractivity contribution in [3.8, 4) is 0 Å². The van der Waals surface area contributed by atoms with E-state index in [9.17, 15) is 4.79 Å². The lowest BCUT2D eigenvalue weighted by Gasteiger charge is -2.15. The molecule has 7 heteroatoms. The molecule has 2 amide bonds. The lowest BCUT2D eigenvalue weighted by atomic mass is 10.1. The van der Waals surface area contributed by atoms with Gasteiger partial charge in [0.15, 0.2) is 0 Å². The van der Waals surface area contributed by atoms with Gasteiger partial charge >= 0.3 is 6.03 Å². The lowest BCUT2D eigenvalue weighted by Crippen LogP contribution is -2.37. The zero-order chi connectivity index (χ0) is 15.1. The van der Waals surface area contributed by atoms with Crippen LogP contribution in [-0.4, -0.2) is 27.3 Å². The Bertz CT molecular complexity index is 573. The number of aryl methyl sites for hydroxylation is 1. The average molecular weight is 308 g/mol. The van der Waals surface area contributed by atoms with Gasteiger partial charge in [-0.3, -0.25) is 4.68 Å². The van der Waals surface area contributed by atoms with Crippen molar-refractivity contribution in [3.63, 3.8) is 0 Å². The summed E-state index contributed by atoms with van der Waals surface area (Å²) in [6.07, 6.45) is 3.94. The van der Waals surface area contributed by atoms with Crippen LogP contribution in [0, 0.1) is 0 Å². The number of halogens is 1. The van der Waals surface area contributed by atoms with Gasteiger partial charge in [-0.25, -0.2) is 9.78 Å². The highest BCUT2D eigenvalue weighted by molar-refractivity contribution is 6.30. The van der Waals surface area contributed by atoms with Crippen LogP contribution in [0.15, 0.2) is 36.9 Å². The predicted molar refractivity (Wildman–Crippen MR) is 81.0 cm³/mol. The Hall–Kier alpha value is -2.08. The second-order valence-corrected chi connectivity index (χ2v) is 5.13. The standard InChI is InChI=1S/C14H18ClN5O/c1-11(12-4-2-5-13(15)8-12)19-14(21)17-6-3-7-20-10-16-9-18-20/h2,4-5,8-11H,3,6-7H2,1H3,(H2,17,19,21)/t11-/m1/s1. The fourth-order valence-electron chi connectivity index (χ4n) is 1.90. The highest BCUT2D eigenvalue weighted by Crippen LogP contribution is 2.16. The molecule has 0 aliphatic carbocycles. The maximum atomic E-state index is 11.8. The van der Waals surface area contributed by atoms with Gasteiger partial charge in [-0.15, -0.1) is 0 Å². The molecule has 0 saturated carbocycles. The van der Waals surface area contributed by atoms with Gasteiger partial charge in [0.05, 0.1) is 6.04 Å². The third-order valence-corrected chi connectivity index (χ3v) is 3.25. The summed E-state index contributed by atoms with van der Waals surface area (Å²) < 4.78 is 1.73. The topological polar surface area (TPSA) is 71.8 Å². The summed E-state index contributed by atoms with van der Waals surface area (Å²) in [6.45, 7) is 3.22. The van der Waals surface area contributed by atoms with Crippen molar-refractivity contribution in [1.82, 2.24) is 25.4 Å². The van der Waals surface area contributed by atoms with Gasteiger partial charge in [-0.2, -0.15) is 5.10 Å². The molecule has 1 aromatic carbocycles. The first-order valence-corrected chi connectivity index (χ1v) is 7.15. The number of nitrogens with zero attached hydrogens (tertiary/aromatic N) is 3. The molecule has 1 atom stereocenters. The SMILES string of the molecule is C[C@@H](NC(=O)NCCCn1cncn1)c1cccc(Cl)c1. The van der Waals surface area contributed by atoms with Crippen molar-refractivity contribution in [2.75, 3.05) is 6.54 Å². The van der Waals surface area contributed by atoms with Gasteiger partial charge in [-0.05, 0) is 31.0 Å². The molecule has 2 N–H and O–H groups in total. The van der Waals surface area contributed by atoms with Gasteiger partial charge in [-0.1, -0.05) is 23.7 Å². The molecule has 0 fully saturated rings. The zero-order valence-electron chi connectivity index (χ0n) is 11.8. The number of amides is 2. The highest BCUT2D eigenvalue weighted by Gasteiger charge is 2.09. The molecule has 0 unspecified atom stereocenters. The van der Waals surface area contributed by atoms with E-state index in [1.165, 1.54) is 6.33 Å². The molecule has 0 aliphatic rings. The minimum atomic E-state index is -0.193. The smallest absolute Gasteiger partial charge is 0.315 e. The van der Waals surface area contributed by atoms with Crippen LogP contribution in [0.4, 0.5) is 4.79 Å². The van der Waals surface area contributed by atoms with Crippen molar-refractivity contribution in [2.24, 2.45) is 0 Å². The summed E-state index contributed by atoms with van der Waals surface area (Å²) in [6, 6.07) is 7.16. The molecule has 0 saturated heterocycles. The number of urea groups is 1. The molecule has 0 spiro atoms. The molecule has 1 aromatic heterocycles. The molecule has 0 aliphatic heterocycles. The summed E-state index contributed by atoms with van der Waals surface area (Å²) in [4.78, 5) is 15.6. The Morgan fingerprint density at radius 1 is 1.48 bits per heavy atom. The number of carbonyl (C=O) groups is 1. The Kier molecular flexibility index (Phi) is 5.57. The molecular formula is C14H18ClN5O. The van der Waals surface area contributed by atoms with Gasteiger partial charge < -0.3 is 10.6 Å². The molecule has 21 heavy (non-hydrogen) atoms. The van der Waals surface area contributed by atoms with Crippen molar-refractivity contribution >= 4 is 17.6 Å². The molecule has 0 radical (unpaired) electrons. The fourth-order valence-corrected chi connectivity index (χ4v) is 2.10. The first kappa shape index (κ1) is 15.3. The predicted octanol–water partition coefficient (Wildman–Crippen LogP) is 2.38. The first-order chi connectivity index (χ1) is 10.1. The summed E-state index contributed by atoms with van der Waals surface area (Å²) in [5.41, 5.74) is 0.972. The van der Waals surface area contributed by atoms with E-state index >= 15 is 0 Å². The van der Waals surface area contributed by atoms with Gasteiger partial charge in [0.25, 0.3) is 0 Å². The van der Waals surface area contributed by atoms with E-state index in [2.05, 4.69) is 20.7 Å².